The molecule has 106 valence electrons. The van der Waals surface area contributed by atoms with E-state index in [2.05, 4.69) is 35.9 Å². The Labute approximate surface area is 123 Å². The van der Waals surface area contributed by atoms with Crippen molar-refractivity contribution in [3.63, 3.8) is 0 Å². The fourth-order valence-corrected chi connectivity index (χ4v) is 2.86. The van der Waals surface area contributed by atoms with Gasteiger partial charge >= 0.3 is 5.97 Å². The van der Waals surface area contributed by atoms with Crippen LogP contribution in [-0.4, -0.2) is 12.6 Å². The number of aromatic nitrogens is 1. The molecule has 0 saturated heterocycles. The molecule has 2 aromatic carbocycles. The summed E-state index contributed by atoms with van der Waals surface area (Å²) in [5, 5.41) is 2.21. The molecule has 1 heterocycles. The number of para-hydroxylation sites is 2. The van der Waals surface area contributed by atoms with E-state index in [1.807, 2.05) is 31.2 Å². The van der Waals surface area contributed by atoms with Crippen LogP contribution in [0.15, 0.2) is 48.5 Å². The van der Waals surface area contributed by atoms with E-state index in [0.29, 0.717) is 13.0 Å². The normalized spacial score (nSPS) is 11.0. The zero-order valence-corrected chi connectivity index (χ0v) is 12.3. The van der Waals surface area contributed by atoms with Crippen LogP contribution in [0.2, 0.25) is 0 Å². The minimum absolute atomic E-state index is 0.179. The lowest BCUT2D eigenvalue weighted by Gasteiger charge is -2.09. The van der Waals surface area contributed by atoms with Crippen LogP contribution in [0.5, 0.6) is 0 Å². The topological polar surface area (TPSA) is 30.2 Å². The van der Waals surface area contributed by atoms with E-state index in [-0.39, 0.29) is 5.97 Å². The Balaban J connectivity index is 2.32. The molecule has 0 radical (unpaired) electrons. The van der Waals surface area contributed by atoms with Gasteiger partial charge in [0.2, 0.25) is 11.0 Å². The second-order valence-electron chi connectivity index (χ2n) is 5.05. The zero-order chi connectivity index (χ0) is 14.8. The van der Waals surface area contributed by atoms with E-state index < -0.39 is 0 Å². The molecule has 3 aromatic rings. The number of esters is 1. The molecule has 0 unspecified atom stereocenters. The van der Waals surface area contributed by atoms with Gasteiger partial charge in [-0.25, -0.2) is 0 Å². The maximum atomic E-state index is 12.0. The number of carbonyl (C=O) groups is 1. The zero-order valence-electron chi connectivity index (χ0n) is 12.3. The van der Waals surface area contributed by atoms with Crippen LogP contribution >= 0.6 is 0 Å². The van der Waals surface area contributed by atoms with Crippen LogP contribution < -0.4 is 4.57 Å². The Hall–Kier alpha value is -2.42. The number of aryl methyl sites for hydroxylation is 1. The van der Waals surface area contributed by atoms with Crippen molar-refractivity contribution in [3.05, 3.63) is 54.1 Å². The first kappa shape index (κ1) is 13.6. The predicted octanol–water partition coefficient (Wildman–Crippen LogP) is 2.92. The van der Waals surface area contributed by atoms with Crippen LogP contribution in [-0.2, 0) is 23.0 Å². The van der Waals surface area contributed by atoms with Crippen molar-refractivity contribution in [1.29, 1.82) is 0 Å². The fourth-order valence-electron chi connectivity index (χ4n) is 2.86. The Morgan fingerprint density at radius 3 is 2.05 bits per heavy atom. The van der Waals surface area contributed by atoms with Gasteiger partial charge in [0.25, 0.3) is 0 Å². The summed E-state index contributed by atoms with van der Waals surface area (Å²) in [4.78, 5) is 12.0. The maximum absolute atomic E-state index is 12.0. The second-order valence-corrected chi connectivity index (χ2v) is 5.05. The smallest absolute Gasteiger partial charge is 0.310 e. The molecule has 0 saturated carbocycles. The third kappa shape index (κ3) is 2.35. The summed E-state index contributed by atoms with van der Waals surface area (Å²) < 4.78 is 7.29. The highest BCUT2D eigenvalue weighted by Crippen LogP contribution is 2.25. The van der Waals surface area contributed by atoms with E-state index in [1.54, 1.807) is 0 Å². The van der Waals surface area contributed by atoms with Crippen molar-refractivity contribution in [2.75, 3.05) is 6.61 Å². The predicted molar refractivity (Wildman–Crippen MR) is 83.0 cm³/mol. The third-order valence-corrected chi connectivity index (χ3v) is 3.81. The van der Waals surface area contributed by atoms with Crippen LogP contribution in [0, 0.1) is 0 Å². The van der Waals surface area contributed by atoms with Gasteiger partial charge in [-0.3, -0.25) is 4.79 Å². The summed E-state index contributed by atoms with van der Waals surface area (Å²) >= 11 is 0. The average molecular weight is 280 g/mol. The monoisotopic (exact) mass is 280 g/mol. The number of rotatable bonds is 3. The van der Waals surface area contributed by atoms with Crippen LogP contribution in [0.25, 0.3) is 21.8 Å². The standard InChI is InChI=1S/C18H18NO2/c1-3-21-18(20)12-15-13-8-4-6-10-16(13)19(2)17-11-7-5-9-14(15)17/h4-11H,3,12H2,1-2H3/q+1. The summed E-state index contributed by atoms with van der Waals surface area (Å²) in [6.07, 6.45) is 0.301. The summed E-state index contributed by atoms with van der Waals surface area (Å²) in [6.45, 7) is 2.24. The van der Waals surface area contributed by atoms with Crippen molar-refractivity contribution in [2.45, 2.75) is 13.3 Å². The molecule has 0 aliphatic rings. The molecule has 0 fully saturated rings. The van der Waals surface area contributed by atoms with E-state index in [9.17, 15) is 4.79 Å². The highest BCUT2D eigenvalue weighted by atomic mass is 16.5. The lowest BCUT2D eigenvalue weighted by molar-refractivity contribution is -0.617. The number of carbonyl (C=O) groups excluding carboxylic acids is 1. The van der Waals surface area contributed by atoms with E-state index >= 15 is 0 Å². The van der Waals surface area contributed by atoms with Gasteiger partial charge in [0.05, 0.1) is 23.8 Å². The molecule has 0 aliphatic carbocycles. The molecule has 3 nitrogen and oxygen atoms in total. The summed E-state index contributed by atoms with van der Waals surface area (Å²) in [6, 6.07) is 16.3. The van der Waals surface area contributed by atoms with E-state index in [1.165, 1.54) is 0 Å². The lowest BCUT2D eigenvalue weighted by Crippen LogP contribution is -2.31. The van der Waals surface area contributed by atoms with Gasteiger partial charge in [0.1, 0.15) is 7.05 Å². The van der Waals surface area contributed by atoms with Crippen molar-refractivity contribution >= 4 is 27.8 Å². The summed E-state index contributed by atoms with van der Waals surface area (Å²) in [5.41, 5.74) is 3.28. The maximum Gasteiger partial charge on any atom is 0.310 e. The molecule has 0 amide bonds. The van der Waals surface area contributed by atoms with Crippen LogP contribution in [0.3, 0.4) is 0 Å². The van der Waals surface area contributed by atoms with Crippen LogP contribution in [0.1, 0.15) is 12.5 Å². The van der Waals surface area contributed by atoms with E-state index in [0.717, 1.165) is 27.4 Å². The van der Waals surface area contributed by atoms with Gasteiger partial charge in [-0.1, -0.05) is 24.3 Å². The summed E-state index contributed by atoms with van der Waals surface area (Å²) in [5.74, 6) is -0.179. The van der Waals surface area contributed by atoms with E-state index in [4.69, 9.17) is 4.74 Å². The molecule has 21 heavy (non-hydrogen) atoms. The Kier molecular flexibility index (Phi) is 3.57. The Bertz CT molecular complexity index is 767. The van der Waals surface area contributed by atoms with Crippen LogP contribution in [0.4, 0.5) is 0 Å². The highest BCUT2D eigenvalue weighted by Gasteiger charge is 2.19. The first-order valence-electron chi connectivity index (χ1n) is 7.16. The second kappa shape index (κ2) is 5.52. The van der Waals surface area contributed by atoms with Gasteiger partial charge in [-0.15, -0.1) is 0 Å². The van der Waals surface area contributed by atoms with Crippen molar-refractivity contribution < 1.29 is 14.1 Å². The molecule has 0 atom stereocenters. The number of hydrogen-bond acceptors (Lipinski definition) is 2. The van der Waals surface area contributed by atoms with Gasteiger partial charge < -0.3 is 4.74 Å². The number of nitrogens with zero attached hydrogens (tertiary/aromatic N) is 1. The van der Waals surface area contributed by atoms with Gasteiger partial charge in [0.15, 0.2) is 0 Å². The molecular weight excluding hydrogens is 262 g/mol. The number of pyridine rings is 1. The Morgan fingerprint density at radius 2 is 1.52 bits per heavy atom. The molecule has 0 spiro atoms. The quantitative estimate of drug-likeness (QED) is 0.419. The average Bonchev–Trinajstić information content (AvgIpc) is 2.52. The third-order valence-electron chi connectivity index (χ3n) is 3.81. The first-order chi connectivity index (χ1) is 10.2. The number of benzene rings is 2. The molecule has 3 heteroatoms. The van der Waals surface area contributed by atoms with Gasteiger partial charge in [-0.2, -0.15) is 4.57 Å². The lowest BCUT2D eigenvalue weighted by atomic mass is 9.99. The molecule has 0 bridgehead atoms. The number of fused-ring (bicyclic) bond motifs is 2. The van der Waals surface area contributed by atoms with Crippen molar-refractivity contribution in [2.24, 2.45) is 7.05 Å². The summed E-state index contributed by atoms with van der Waals surface area (Å²) in [7, 11) is 2.05. The SMILES string of the molecule is CCOC(=O)Cc1c2ccccc2[n+](C)c2ccccc12. The highest BCUT2D eigenvalue weighted by molar-refractivity contribution is 5.97. The minimum atomic E-state index is -0.179. The minimum Gasteiger partial charge on any atom is -0.466 e. The van der Waals surface area contributed by atoms with Crippen molar-refractivity contribution in [3.8, 4) is 0 Å². The molecular formula is C18H18NO2+. The Morgan fingerprint density at radius 1 is 1.00 bits per heavy atom. The molecule has 1 aromatic heterocycles. The van der Waals surface area contributed by atoms with Gasteiger partial charge in [0, 0.05) is 12.1 Å². The molecule has 0 aliphatic heterocycles. The number of ether oxygens (including phenoxy) is 1. The molecule has 0 N–H and O–H groups in total. The fraction of sp³-hybridized carbons (Fsp3) is 0.222. The van der Waals surface area contributed by atoms with Crippen molar-refractivity contribution in [1.82, 2.24) is 0 Å². The number of hydrogen-bond donors (Lipinski definition) is 0. The van der Waals surface area contributed by atoms with Gasteiger partial charge in [-0.05, 0) is 24.6 Å². The first-order valence-corrected chi connectivity index (χ1v) is 7.16. The largest absolute Gasteiger partial charge is 0.466 e. The molecule has 3 rings (SSSR count).